The second-order valence-corrected chi connectivity index (χ2v) is 10.3. The van der Waals surface area contributed by atoms with Gasteiger partial charge in [-0.05, 0) is 61.3 Å². The maximum atomic E-state index is 12.9. The Bertz CT molecular complexity index is 1060. The molecule has 2 aromatic carbocycles. The monoisotopic (exact) mass is 473 g/mol. The quantitative estimate of drug-likeness (QED) is 0.632. The number of anilines is 1. The molecule has 0 saturated carbocycles. The van der Waals surface area contributed by atoms with Crippen LogP contribution in [0.4, 0.5) is 5.69 Å². The van der Waals surface area contributed by atoms with Gasteiger partial charge in [-0.1, -0.05) is 25.8 Å². The molecule has 9 heteroatoms. The second kappa shape index (κ2) is 10.5. The SMILES string of the molecule is CCN(CC(=O)Nc1ccc(S(=O)(=O)N2CCCCCC2)cc1)Cc1ccc2c(c1)OCO2. The first-order chi connectivity index (χ1) is 16.0. The summed E-state index contributed by atoms with van der Waals surface area (Å²) in [6.45, 7) is 4.90. The summed E-state index contributed by atoms with van der Waals surface area (Å²) in [5.74, 6) is 1.31. The Hall–Kier alpha value is -2.62. The van der Waals surface area contributed by atoms with E-state index < -0.39 is 10.0 Å². The summed E-state index contributed by atoms with van der Waals surface area (Å²) in [6.07, 6.45) is 3.93. The van der Waals surface area contributed by atoms with Crippen molar-refractivity contribution in [2.75, 3.05) is 38.3 Å². The highest BCUT2D eigenvalue weighted by molar-refractivity contribution is 7.89. The Kier molecular flexibility index (Phi) is 7.52. The Balaban J connectivity index is 1.34. The van der Waals surface area contributed by atoms with E-state index in [1.165, 1.54) is 0 Å². The van der Waals surface area contributed by atoms with Crippen LogP contribution in [0.3, 0.4) is 0 Å². The van der Waals surface area contributed by atoms with Crippen molar-refractivity contribution in [3.8, 4) is 11.5 Å². The smallest absolute Gasteiger partial charge is 0.243 e. The molecule has 2 heterocycles. The molecule has 0 spiro atoms. The number of nitrogens with zero attached hydrogens (tertiary/aromatic N) is 2. The van der Waals surface area contributed by atoms with Gasteiger partial charge in [0.1, 0.15) is 0 Å². The number of carbonyl (C=O) groups excluding carboxylic acids is 1. The molecule has 0 aromatic heterocycles. The van der Waals surface area contributed by atoms with Crippen LogP contribution < -0.4 is 14.8 Å². The van der Waals surface area contributed by atoms with Gasteiger partial charge in [-0.25, -0.2) is 8.42 Å². The Morgan fingerprint density at radius 2 is 1.70 bits per heavy atom. The van der Waals surface area contributed by atoms with E-state index in [9.17, 15) is 13.2 Å². The first-order valence-electron chi connectivity index (χ1n) is 11.5. The van der Waals surface area contributed by atoms with Crippen LogP contribution in [0.2, 0.25) is 0 Å². The summed E-state index contributed by atoms with van der Waals surface area (Å²) in [6, 6.07) is 12.2. The van der Waals surface area contributed by atoms with Gasteiger partial charge in [-0.2, -0.15) is 4.31 Å². The molecule has 0 aliphatic carbocycles. The molecule has 0 unspecified atom stereocenters. The van der Waals surface area contributed by atoms with Gasteiger partial charge in [0.25, 0.3) is 0 Å². The zero-order valence-corrected chi connectivity index (χ0v) is 19.8. The zero-order chi connectivity index (χ0) is 23.3. The second-order valence-electron chi connectivity index (χ2n) is 8.38. The van der Waals surface area contributed by atoms with E-state index in [0.29, 0.717) is 31.9 Å². The summed E-state index contributed by atoms with van der Waals surface area (Å²) in [7, 11) is -3.50. The number of ether oxygens (including phenoxy) is 2. The molecule has 1 saturated heterocycles. The molecule has 1 N–H and O–H groups in total. The minimum atomic E-state index is -3.50. The van der Waals surface area contributed by atoms with Crippen molar-refractivity contribution in [1.82, 2.24) is 9.21 Å². The maximum absolute atomic E-state index is 12.9. The Labute approximate surface area is 195 Å². The topological polar surface area (TPSA) is 88.2 Å². The number of carbonyl (C=O) groups is 1. The molecule has 2 aliphatic rings. The largest absolute Gasteiger partial charge is 0.454 e. The lowest BCUT2D eigenvalue weighted by Gasteiger charge is -2.21. The minimum absolute atomic E-state index is 0.152. The molecule has 4 rings (SSSR count). The van der Waals surface area contributed by atoms with Crippen LogP contribution in [0, 0.1) is 0 Å². The number of hydrogen-bond donors (Lipinski definition) is 1. The molecular formula is C24H31N3O5S. The zero-order valence-electron chi connectivity index (χ0n) is 19.0. The summed E-state index contributed by atoms with van der Waals surface area (Å²) >= 11 is 0. The van der Waals surface area contributed by atoms with Crippen molar-refractivity contribution in [2.45, 2.75) is 44.0 Å². The Morgan fingerprint density at radius 3 is 2.39 bits per heavy atom. The van der Waals surface area contributed by atoms with E-state index in [0.717, 1.165) is 42.7 Å². The van der Waals surface area contributed by atoms with E-state index in [4.69, 9.17) is 9.47 Å². The standard InChI is InChI=1S/C24H31N3O5S/c1-2-26(16-19-7-12-22-23(15-19)32-18-31-22)17-24(28)25-20-8-10-21(11-9-20)33(29,30)27-13-5-3-4-6-14-27/h7-12,15H,2-6,13-14,16-18H2,1H3,(H,25,28). The third-order valence-corrected chi connectivity index (χ3v) is 7.91. The lowest BCUT2D eigenvalue weighted by molar-refractivity contribution is -0.117. The number of rotatable bonds is 8. The number of hydrogen-bond acceptors (Lipinski definition) is 6. The van der Waals surface area contributed by atoms with Crippen molar-refractivity contribution in [3.05, 3.63) is 48.0 Å². The molecule has 1 amide bonds. The van der Waals surface area contributed by atoms with Crippen LogP contribution in [-0.2, 0) is 21.4 Å². The summed E-state index contributed by atoms with van der Waals surface area (Å²) < 4.78 is 38.2. The fourth-order valence-electron chi connectivity index (χ4n) is 4.12. The van der Waals surface area contributed by atoms with Gasteiger partial charge in [0.2, 0.25) is 22.7 Å². The maximum Gasteiger partial charge on any atom is 0.243 e. The predicted octanol–water partition coefficient (Wildman–Crippen LogP) is 3.44. The van der Waals surface area contributed by atoms with Crippen LogP contribution in [0.5, 0.6) is 11.5 Å². The molecule has 2 aliphatic heterocycles. The van der Waals surface area contributed by atoms with Crippen molar-refractivity contribution in [2.24, 2.45) is 0 Å². The van der Waals surface area contributed by atoms with Crippen LogP contribution in [0.15, 0.2) is 47.4 Å². The normalized spacial score (nSPS) is 16.5. The summed E-state index contributed by atoms with van der Waals surface area (Å²) in [5.41, 5.74) is 1.62. The van der Waals surface area contributed by atoms with Gasteiger partial charge in [0.05, 0.1) is 11.4 Å². The third-order valence-electron chi connectivity index (χ3n) is 6.00. The number of sulfonamides is 1. The van der Waals surface area contributed by atoms with Gasteiger partial charge in [-0.15, -0.1) is 0 Å². The average Bonchev–Trinajstić information content (AvgIpc) is 3.09. The molecule has 0 bridgehead atoms. The number of nitrogens with one attached hydrogen (secondary N) is 1. The number of benzene rings is 2. The fourth-order valence-corrected chi connectivity index (χ4v) is 5.64. The van der Waals surface area contributed by atoms with E-state index in [1.807, 2.05) is 30.0 Å². The first-order valence-corrected chi connectivity index (χ1v) is 12.9. The fraction of sp³-hybridized carbons (Fsp3) is 0.458. The Morgan fingerprint density at radius 1 is 1.00 bits per heavy atom. The first kappa shape index (κ1) is 23.5. The number of likely N-dealkylation sites (N-methyl/N-ethyl adjacent to an activating group) is 1. The van der Waals surface area contributed by atoms with Gasteiger partial charge < -0.3 is 14.8 Å². The molecular weight excluding hydrogens is 442 g/mol. The molecule has 0 atom stereocenters. The minimum Gasteiger partial charge on any atom is -0.454 e. The highest BCUT2D eigenvalue weighted by atomic mass is 32.2. The van der Waals surface area contributed by atoms with Crippen molar-refractivity contribution in [1.29, 1.82) is 0 Å². The number of fused-ring (bicyclic) bond motifs is 1. The van der Waals surface area contributed by atoms with E-state index in [-0.39, 0.29) is 24.1 Å². The van der Waals surface area contributed by atoms with Gasteiger partial charge >= 0.3 is 0 Å². The van der Waals surface area contributed by atoms with Crippen molar-refractivity contribution >= 4 is 21.6 Å². The van der Waals surface area contributed by atoms with Crippen molar-refractivity contribution < 1.29 is 22.7 Å². The molecule has 178 valence electrons. The van der Waals surface area contributed by atoms with Gasteiger partial charge in [0.15, 0.2) is 11.5 Å². The van der Waals surface area contributed by atoms with Crippen molar-refractivity contribution in [3.63, 3.8) is 0 Å². The molecule has 33 heavy (non-hydrogen) atoms. The van der Waals surface area contributed by atoms with E-state index >= 15 is 0 Å². The molecule has 8 nitrogen and oxygen atoms in total. The van der Waals surface area contributed by atoms with E-state index in [1.54, 1.807) is 28.6 Å². The summed E-state index contributed by atoms with van der Waals surface area (Å²) in [4.78, 5) is 14.9. The molecule has 0 radical (unpaired) electrons. The van der Waals surface area contributed by atoms with Crippen LogP contribution in [0.25, 0.3) is 0 Å². The average molecular weight is 474 g/mol. The van der Waals surface area contributed by atoms with Crippen LogP contribution in [0.1, 0.15) is 38.2 Å². The van der Waals surface area contributed by atoms with Gasteiger partial charge in [0, 0.05) is 25.3 Å². The highest BCUT2D eigenvalue weighted by Gasteiger charge is 2.25. The number of amides is 1. The lowest BCUT2D eigenvalue weighted by Crippen LogP contribution is -2.33. The predicted molar refractivity (Wildman–Crippen MR) is 126 cm³/mol. The van der Waals surface area contributed by atoms with Gasteiger partial charge in [-0.3, -0.25) is 9.69 Å². The molecule has 1 fully saturated rings. The third kappa shape index (κ3) is 5.85. The molecule has 2 aromatic rings. The van der Waals surface area contributed by atoms with Crippen LogP contribution in [-0.4, -0.2) is 56.5 Å². The highest BCUT2D eigenvalue weighted by Crippen LogP contribution is 2.32. The van der Waals surface area contributed by atoms with Crippen LogP contribution >= 0.6 is 0 Å². The lowest BCUT2D eigenvalue weighted by atomic mass is 10.2. The summed E-state index contributed by atoms with van der Waals surface area (Å²) in [5, 5.41) is 2.87. The van der Waals surface area contributed by atoms with E-state index in [2.05, 4.69) is 5.32 Å².